The van der Waals surface area contributed by atoms with E-state index in [1.807, 2.05) is 4.90 Å². The number of ether oxygens (including phenoxy) is 1. The Morgan fingerprint density at radius 3 is 2.79 bits per heavy atom. The van der Waals surface area contributed by atoms with Crippen LogP contribution in [-0.4, -0.2) is 49.7 Å². The number of benzene rings is 1. The zero-order valence-electron chi connectivity index (χ0n) is 12.9. The third kappa shape index (κ3) is 4.60. The quantitative estimate of drug-likeness (QED) is 0.786. The van der Waals surface area contributed by atoms with Gasteiger partial charge in [0.25, 0.3) is 0 Å². The van der Waals surface area contributed by atoms with Crippen LogP contribution in [0.15, 0.2) is 30.6 Å². The normalized spacial score (nSPS) is 15.3. The summed E-state index contributed by atoms with van der Waals surface area (Å²) in [5.74, 6) is 0.745. The summed E-state index contributed by atoms with van der Waals surface area (Å²) >= 11 is 0. The summed E-state index contributed by atoms with van der Waals surface area (Å²) in [5.41, 5.74) is 1.26. The summed E-state index contributed by atoms with van der Waals surface area (Å²) in [5, 5.41) is 8.13. The molecule has 24 heavy (non-hydrogen) atoms. The Kier molecular flexibility index (Phi) is 4.88. The van der Waals surface area contributed by atoms with Crippen LogP contribution in [0, 0.1) is 0 Å². The van der Waals surface area contributed by atoms with E-state index in [0.717, 1.165) is 13.1 Å². The third-order valence-corrected chi connectivity index (χ3v) is 4.14. The Bertz CT molecular complexity index is 808. The van der Waals surface area contributed by atoms with Crippen LogP contribution in [0.1, 0.15) is 5.56 Å². The van der Waals surface area contributed by atoms with Crippen molar-refractivity contribution in [2.75, 3.05) is 36.5 Å². The first-order valence-corrected chi connectivity index (χ1v) is 9.09. The lowest BCUT2D eigenvalue weighted by Crippen LogP contribution is -2.37. The fourth-order valence-corrected chi connectivity index (χ4v) is 3.01. The van der Waals surface area contributed by atoms with Crippen LogP contribution < -0.4 is 15.4 Å². The van der Waals surface area contributed by atoms with Gasteiger partial charge >= 0.3 is 0 Å². The average molecular weight is 350 g/mol. The molecule has 0 amide bonds. The van der Waals surface area contributed by atoms with Gasteiger partial charge in [0.2, 0.25) is 21.9 Å². The number of primary sulfonamides is 1. The van der Waals surface area contributed by atoms with E-state index in [-0.39, 0.29) is 5.75 Å². The molecule has 128 valence electrons. The van der Waals surface area contributed by atoms with Gasteiger partial charge in [-0.1, -0.05) is 12.1 Å². The molecular formula is C14H18N6O3S. The predicted molar refractivity (Wildman–Crippen MR) is 89.4 cm³/mol. The maximum absolute atomic E-state index is 11.2. The third-order valence-electron chi connectivity index (χ3n) is 3.40. The molecule has 0 saturated carbocycles. The minimum atomic E-state index is -3.58. The molecule has 0 spiro atoms. The van der Waals surface area contributed by atoms with E-state index >= 15 is 0 Å². The SMILES string of the molecule is NS(=O)(=O)Cc1cccc(Nc2ncnc(N3CCOCC3)n2)c1. The van der Waals surface area contributed by atoms with Gasteiger partial charge in [0.15, 0.2) is 0 Å². The first kappa shape index (κ1) is 16.6. The zero-order chi connectivity index (χ0) is 17.0. The number of anilines is 3. The molecule has 0 aliphatic carbocycles. The monoisotopic (exact) mass is 350 g/mol. The summed E-state index contributed by atoms with van der Waals surface area (Å²) in [6.45, 7) is 2.74. The average Bonchev–Trinajstić information content (AvgIpc) is 2.55. The molecule has 3 rings (SSSR count). The van der Waals surface area contributed by atoms with Gasteiger partial charge in [0, 0.05) is 18.8 Å². The number of nitrogens with one attached hydrogen (secondary N) is 1. The zero-order valence-corrected chi connectivity index (χ0v) is 13.7. The highest BCUT2D eigenvalue weighted by Gasteiger charge is 2.14. The molecule has 9 nitrogen and oxygen atoms in total. The molecule has 1 aliphatic heterocycles. The molecule has 1 aromatic carbocycles. The molecule has 0 atom stereocenters. The molecule has 1 saturated heterocycles. The highest BCUT2D eigenvalue weighted by molar-refractivity contribution is 7.88. The van der Waals surface area contributed by atoms with Crippen LogP contribution in [-0.2, 0) is 20.5 Å². The maximum Gasteiger partial charge on any atom is 0.231 e. The van der Waals surface area contributed by atoms with Crippen molar-refractivity contribution >= 4 is 27.6 Å². The first-order valence-electron chi connectivity index (χ1n) is 7.38. The number of nitrogens with two attached hydrogens (primary N) is 1. The number of sulfonamides is 1. The number of hydrogen-bond donors (Lipinski definition) is 2. The lowest BCUT2D eigenvalue weighted by molar-refractivity contribution is 0.122. The molecule has 1 aromatic heterocycles. The van der Waals surface area contributed by atoms with E-state index in [1.165, 1.54) is 6.33 Å². The minimum absolute atomic E-state index is 0.223. The molecule has 2 aromatic rings. The van der Waals surface area contributed by atoms with E-state index in [9.17, 15) is 8.42 Å². The van der Waals surface area contributed by atoms with Gasteiger partial charge < -0.3 is 15.0 Å². The Hall–Kier alpha value is -2.30. The van der Waals surface area contributed by atoms with Gasteiger partial charge in [-0.05, 0) is 17.7 Å². The Labute approximate surface area is 139 Å². The van der Waals surface area contributed by atoms with Crippen LogP contribution in [0.3, 0.4) is 0 Å². The standard InChI is InChI=1S/C14H18N6O3S/c15-24(21,22)9-11-2-1-3-12(8-11)18-13-16-10-17-14(19-13)20-4-6-23-7-5-20/h1-3,8,10H,4-7,9H2,(H2,15,21,22)(H,16,17,18,19). The lowest BCUT2D eigenvalue weighted by Gasteiger charge is -2.26. The van der Waals surface area contributed by atoms with Gasteiger partial charge in [-0.25, -0.2) is 23.5 Å². The lowest BCUT2D eigenvalue weighted by atomic mass is 10.2. The second kappa shape index (κ2) is 7.07. The fraction of sp³-hybridized carbons (Fsp3) is 0.357. The molecule has 1 fully saturated rings. The summed E-state index contributed by atoms with van der Waals surface area (Å²) in [7, 11) is -3.58. The second-order valence-electron chi connectivity index (χ2n) is 5.34. The summed E-state index contributed by atoms with van der Waals surface area (Å²) in [6, 6.07) is 6.93. The van der Waals surface area contributed by atoms with Gasteiger partial charge in [-0.15, -0.1) is 0 Å². The minimum Gasteiger partial charge on any atom is -0.378 e. The fourth-order valence-electron chi connectivity index (χ4n) is 2.36. The molecule has 0 bridgehead atoms. The molecule has 3 N–H and O–H groups in total. The van der Waals surface area contributed by atoms with Crippen molar-refractivity contribution < 1.29 is 13.2 Å². The molecular weight excluding hydrogens is 332 g/mol. The van der Waals surface area contributed by atoms with Gasteiger partial charge in [0.1, 0.15) is 6.33 Å². The Morgan fingerprint density at radius 1 is 1.25 bits per heavy atom. The van der Waals surface area contributed by atoms with Gasteiger partial charge in [-0.2, -0.15) is 4.98 Å². The van der Waals surface area contributed by atoms with Crippen molar-refractivity contribution in [1.29, 1.82) is 0 Å². The topological polar surface area (TPSA) is 123 Å². The second-order valence-corrected chi connectivity index (χ2v) is 6.96. The Morgan fingerprint density at radius 2 is 2.04 bits per heavy atom. The van der Waals surface area contributed by atoms with Crippen molar-refractivity contribution in [3.8, 4) is 0 Å². The van der Waals surface area contributed by atoms with Crippen LogP contribution >= 0.6 is 0 Å². The van der Waals surface area contributed by atoms with Crippen molar-refractivity contribution in [3.63, 3.8) is 0 Å². The highest BCUT2D eigenvalue weighted by atomic mass is 32.2. The van der Waals surface area contributed by atoms with E-state index < -0.39 is 10.0 Å². The van der Waals surface area contributed by atoms with Crippen molar-refractivity contribution in [2.24, 2.45) is 5.14 Å². The van der Waals surface area contributed by atoms with E-state index in [1.54, 1.807) is 24.3 Å². The molecule has 0 unspecified atom stereocenters. The van der Waals surface area contributed by atoms with Crippen molar-refractivity contribution in [3.05, 3.63) is 36.2 Å². The number of nitrogens with zero attached hydrogens (tertiary/aromatic N) is 4. The van der Waals surface area contributed by atoms with E-state index in [0.29, 0.717) is 36.4 Å². The van der Waals surface area contributed by atoms with Crippen LogP contribution in [0.25, 0.3) is 0 Å². The number of rotatable bonds is 5. The van der Waals surface area contributed by atoms with Gasteiger partial charge in [0.05, 0.1) is 19.0 Å². The molecule has 10 heteroatoms. The largest absolute Gasteiger partial charge is 0.378 e. The van der Waals surface area contributed by atoms with Crippen molar-refractivity contribution in [2.45, 2.75) is 5.75 Å². The Balaban J connectivity index is 1.75. The van der Waals surface area contributed by atoms with E-state index in [4.69, 9.17) is 9.88 Å². The molecule has 2 heterocycles. The van der Waals surface area contributed by atoms with E-state index in [2.05, 4.69) is 20.3 Å². The summed E-state index contributed by atoms with van der Waals surface area (Å²) < 4.78 is 27.7. The van der Waals surface area contributed by atoms with Crippen LogP contribution in [0.4, 0.5) is 17.6 Å². The number of aromatic nitrogens is 3. The molecule has 1 aliphatic rings. The number of hydrogen-bond acceptors (Lipinski definition) is 8. The number of morpholine rings is 1. The summed E-state index contributed by atoms with van der Waals surface area (Å²) in [6.07, 6.45) is 1.44. The summed E-state index contributed by atoms with van der Waals surface area (Å²) in [4.78, 5) is 14.7. The van der Waals surface area contributed by atoms with Crippen molar-refractivity contribution in [1.82, 2.24) is 15.0 Å². The first-order chi connectivity index (χ1) is 11.5. The highest BCUT2D eigenvalue weighted by Crippen LogP contribution is 2.17. The van der Waals surface area contributed by atoms with Crippen LogP contribution in [0.2, 0.25) is 0 Å². The smallest absolute Gasteiger partial charge is 0.231 e. The van der Waals surface area contributed by atoms with Gasteiger partial charge in [-0.3, -0.25) is 0 Å². The van der Waals surface area contributed by atoms with Crippen LogP contribution in [0.5, 0.6) is 0 Å². The predicted octanol–water partition coefficient (Wildman–Crippen LogP) is 0.240. The maximum atomic E-state index is 11.2. The molecule has 0 radical (unpaired) electrons.